The van der Waals surface area contributed by atoms with Gasteiger partial charge in [-0.2, -0.15) is 35.5 Å². The van der Waals surface area contributed by atoms with Crippen LogP contribution in [-0.2, 0) is 30.4 Å². The van der Waals surface area contributed by atoms with Gasteiger partial charge in [-0.05, 0) is 66.7 Å². The molecule has 0 aromatic heterocycles. The fraction of sp³-hybridized carbons (Fsp3) is 0. The quantitative estimate of drug-likeness (QED) is 0.127. The molecule has 0 unspecified atom stereocenters. The Labute approximate surface area is 221 Å². The van der Waals surface area contributed by atoms with Gasteiger partial charge in [0.15, 0.2) is 0 Å². The van der Waals surface area contributed by atoms with Crippen molar-refractivity contribution in [1.82, 2.24) is 0 Å². The van der Waals surface area contributed by atoms with Crippen LogP contribution in [0.2, 0.25) is 0 Å². The molecule has 0 radical (unpaired) electrons. The van der Waals surface area contributed by atoms with Gasteiger partial charge in [0.25, 0.3) is 30.4 Å². The lowest BCUT2D eigenvalue weighted by Crippen LogP contribution is -1.98. The second-order valence-electron chi connectivity index (χ2n) is 7.85. The largest absolute Gasteiger partial charge is 0.398 e. The van der Waals surface area contributed by atoms with Crippen molar-refractivity contribution in [2.75, 3.05) is 5.73 Å². The molecule has 0 saturated heterocycles. The van der Waals surface area contributed by atoms with Crippen LogP contribution in [0.4, 0.5) is 28.4 Å². The number of nitrogens with zero attached hydrogens (tertiary/aromatic N) is 4. The van der Waals surface area contributed by atoms with E-state index in [9.17, 15) is 34.4 Å². The molecule has 4 aromatic rings. The minimum Gasteiger partial charge on any atom is -0.398 e. The smallest absolute Gasteiger partial charge is 0.296 e. The Morgan fingerprint density at radius 3 is 1.67 bits per heavy atom. The molecule has 0 bridgehead atoms. The van der Waals surface area contributed by atoms with Crippen LogP contribution < -0.4 is 5.73 Å². The summed E-state index contributed by atoms with van der Waals surface area (Å²) in [5.41, 5.74) is 6.22. The van der Waals surface area contributed by atoms with Crippen LogP contribution in [0.1, 0.15) is 0 Å². The van der Waals surface area contributed by atoms with Crippen molar-refractivity contribution in [3.63, 3.8) is 0 Å². The Balaban J connectivity index is 1.69. The molecule has 4 rings (SSSR count). The van der Waals surface area contributed by atoms with Gasteiger partial charge in [0.2, 0.25) is 0 Å². The predicted molar refractivity (Wildman–Crippen MR) is 139 cm³/mol. The van der Waals surface area contributed by atoms with Crippen LogP contribution in [0, 0.1) is 0 Å². The average molecular weight is 592 g/mol. The number of nitrogens with two attached hydrogens (primary N) is 1. The summed E-state index contributed by atoms with van der Waals surface area (Å²) in [5, 5.41) is 16.3. The monoisotopic (exact) mass is 591 g/mol. The number of rotatable bonds is 7. The fourth-order valence-corrected chi connectivity index (χ4v) is 4.97. The first-order valence-electron chi connectivity index (χ1n) is 10.5. The third-order valence-electron chi connectivity index (χ3n) is 5.20. The zero-order valence-electron chi connectivity index (χ0n) is 19.3. The SMILES string of the molecule is Nc1ccc(N=Nc2ccc(N=Nc3ccc(S(=O)(=O)O)cc3)cc2S(=O)(=O)O)c2ccc(S(=O)(=O)O)cc12. The second-order valence-corrected chi connectivity index (χ2v) is 12.1. The summed E-state index contributed by atoms with van der Waals surface area (Å²) in [6.07, 6.45) is 0. The number of hydrogen-bond acceptors (Lipinski definition) is 11. The van der Waals surface area contributed by atoms with Gasteiger partial charge in [0, 0.05) is 16.5 Å². The molecule has 0 heterocycles. The number of anilines is 1. The molecule has 5 N–H and O–H groups in total. The molecule has 0 saturated carbocycles. The molecule has 0 aliphatic rings. The van der Waals surface area contributed by atoms with Gasteiger partial charge in [0.1, 0.15) is 10.6 Å². The van der Waals surface area contributed by atoms with Crippen LogP contribution >= 0.6 is 0 Å². The van der Waals surface area contributed by atoms with Crippen molar-refractivity contribution in [1.29, 1.82) is 0 Å². The van der Waals surface area contributed by atoms with E-state index >= 15 is 0 Å². The summed E-state index contributed by atoms with van der Waals surface area (Å²) in [6.45, 7) is 0. The topological polar surface area (TPSA) is 239 Å². The number of benzene rings is 4. The first kappa shape index (κ1) is 27.9. The van der Waals surface area contributed by atoms with Crippen LogP contribution in [0.15, 0.2) is 108 Å². The van der Waals surface area contributed by atoms with E-state index in [-0.39, 0.29) is 43.6 Å². The number of azo groups is 2. The maximum absolute atomic E-state index is 12.0. The molecule has 4 aromatic carbocycles. The number of fused-ring (bicyclic) bond motifs is 1. The second kappa shape index (κ2) is 10.2. The summed E-state index contributed by atoms with van der Waals surface area (Å²) < 4.78 is 97.3. The Morgan fingerprint density at radius 2 is 1.05 bits per heavy atom. The third kappa shape index (κ3) is 6.48. The van der Waals surface area contributed by atoms with Gasteiger partial charge < -0.3 is 5.73 Å². The van der Waals surface area contributed by atoms with E-state index in [2.05, 4.69) is 20.5 Å². The Bertz CT molecular complexity index is 1990. The maximum atomic E-state index is 12.0. The van der Waals surface area contributed by atoms with Gasteiger partial charge in [-0.3, -0.25) is 13.7 Å². The van der Waals surface area contributed by atoms with Crippen LogP contribution in [0.3, 0.4) is 0 Å². The van der Waals surface area contributed by atoms with Crippen molar-refractivity contribution in [2.24, 2.45) is 20.5 Å². The van der Waals surface area contributed by atoms with Crippen molar-refractivity contribution in [2.45, 2.75) is 14.7 Å². The molecule has 0 spiro atoms. The highest BCUT2D eigenvalue weighted by Gasteiger charge is 2.18. The van der Waals surface area contributed by atoms with Gasteiger partial charge in [0.05, 0.1) is 26.9 Å². The van der Waals surface area contributed by atoms with E-state index in [0.29, 0.717) is 5.39 Å². The molecule has 14 nitrogen and oxygen atoms in total. The van der Waals surface area contributed by atoms with Gasteiger partial charge in [-0.1, -0.05) is 6.07 Å². The fourth-order valence-electron chi connectivity index (χ4n) is 3.34. The maximum Gasteiger partial charge on any atom is 0.296 e. The molecular formula is C22H17N5O9S3. The predicted octanol–water partition coefficient (Wildman–Crippen LogP) is 4.99. The molecule has 0 amide bonds. The lowest BCUT2D eigenvalue weighted by atomic mass is 10.1. The summed E-state index contributed by atoms with van der Waals surface area (Å²) in [5.74, 6) is 0. The number of hydrogen-bond donors (Lipinski definition) is 4. The number of nitrogen functional groups attached to an aromatic ring is 1. The highest BCUT2D eigenvalue weighted by molar-refractivity contribution is 7.86. The van der Waals surface area contributed by atoms with E-state index in [4.69, 9.17) is 10.3 Å². The first-order valence-corrected chi connectivity index (χ1v) is 14.8. The third-order valence-corrected chi connectivity index (χ3v) is 7.80. The van der Waals surface area contributed by atoms with Crippen LogP contribution in [0.5, 0.6) is 0 Å². The summed E-state index contributed by atoms with van der Waals surface area (Å²) in [6, 6.07) is 14.7. The lowest BCUT2D eigenvalue weighted by molar-refractivity contribution is 0.481. The summed E-state index contributed by atoms with van der Waals surface area (Å²) in [7, 11) is -13.7. The Morgan fingerprint density at radius 1 is 0.513 bits per heavy atom. The van der Waals surface area contributed by atoms with Gasteiger partial charge >= 0.3 is 0 Å². The van der Waals surface area contributed by atoms with Gasteiger partial charge in [-0.25, -0.2) is 0 Å². The molecule has 0 aliphatic heterocycles. The van der Waals surface area contributed by atoms with E-state index in [1.807, 2.05) is 0 Å². The van der Waals surface area contributed by atoms with Crippen LogP contribution in [0.25, 0.3) is 10.8 Å². The van der Waals surface area contributed by atoms with Gasteiger partial charge in [-0.15, -0.1) is 10.2 Å². The van der Waals surface area contributed by atoms with E-state index in [1.54, 1.807) is 0 Å². The van der Waals surface area contributed by atoms with Crippen molar-refractivity contribution in [3.8, 4) is 0 Å². The zero-order valence-corrected chi connectivity index (χ0v) is 21.8. The Kier molecular flexibility index (Phi) is 7.30. The van der Waals surface area contributed by atoms with Crippen molar-refractivity contribution < 1.29 is 38.9 Å². The highest BCUT2D eigenvalue weighted by Crippen LogP contribution is 2.35. The molecule has 39 heavy (non-hydrogen) atoms. The van der Waals surface area contributed by atoms with Crippen molar-refractivity contribution in [3.05, 3.63) is 72.8 Å². The molecule has 0 atom stereocenters. The molecule has 0 fully saturated rings. The first-order chi connectivity index (χ1) is 18.1. The molecule has 17 heteroatoms. The van der Waals surface area contributed by atoms with E-state index in [0.717, 1.165) is 30.3 Å². The van der Waals surface area contributed by atoms with E-state index < -0.39 is 35.2 Å². The van der Waals surface area contributed by atoms with Crippen LogP contribution in [-0.4, -0.2) is 38.9 Å². The highest BCUT2D eigenvalue weighted by atomic mass is 32.2. The molecule has 0 aliphatic carbocycles. The Hall–Kier alpha value is -4.13. The minimum absolute atomic E-state index is 0.00360. The summed E-state index contributed by atoms with van der Waals surface area (Å²) >= 11 is 0. The average Bonchev–Trinajstić information content (AvgIpc) is 2.86. The normalized spacial score (nSPS) is 13.0. The van der Waals surface area contributed by atoms with E-state index in [1.165, 1.54) is 42.5 Å². The summed E-state index contributed by atoms with van der Waals surface area (Å²) in [4.78, 5) is -1.38. The van der Waals surface area contributed by atoms with Crippen molar-refractivity contribution >= 4 is 69.6 Å². The lowest BCUT2D eigenvalue weighted by Gasteiger charge is -2.07. The standard InChI is InChI=1S/C22H17N5O9S3/c23-19-8-10-20(17-7-6-16(12-18(17)19)38(31,32)33)26-27-21-9-3-14(11-22(21)39(34,35)36)25-24-13-1-4-15(5-2-13)37(28,29)30/h1-12H,23H2,(H,28,29,30)(H,31,32,33)(H,34,35,36). The minimum atomic E-state index is -4.80. The molecular weight excluding hydrogens is 574 g/mol. The zero-order chi connectivity index (χ0) is 28.6. The molecule has 202 valence electrons.